The van der Waals surface area contributed by atoms with E-state index in [1.807, 2.05) is 6.92 Å². The zero-order valence-corrected chi connectivity index (χ0v) is 10.5. The second-order valence-electron chi connectivity index (χ2n) is 4.15. The van der Waals surface area contributed by atoms with Crippen molar-refractivity contribution >= 4 is 17.3 Å². The van der Waals surface area contributed by atoms with E-state index in [1.165, 1.54) is 6.07 Å². The summed E-state index contributed by atoms with van der Waals surface area (Å²) in [6.07, 6.45) is 0.824. The molecule has 0 radical (unpaired) electrons. The first-order valence-corrected chi connectivity index (χ1v) is 5.71. The third kappa shape index (κ3) is 3.53. The molecule has 1 rings (SSSR count). The Hall–Kier alpha value is -1.95. The maximum absolute atomic E-state index is 11.6. The summed E-state index contributed by atoms with van der Waals surface area (Å²) in [5, 5.41) is 13.5. The SMILES string of the molecule is Cc1cc(NC(=O)CCCN)c([N+](=O)[O-])cc1C. The van der Waals surface area contributed by atoms with Crippen LogP contribution in [0, 0.1) is 24.0 Å². The maximum atomic E-state index is 11.6. The Balaban J connectivity index is 2.96. The van der Waals surface area contributed by atoms with Gasteiger partial charge in [0, 0.05) is 12.5 Å². The van der Waals surface area contributed by atoms with Crippen molar-refractivity contribution in [2.75, 3.05) is 11.9 Å². The molecule has 0 fully saturated rings. The highest BCUT2D eigenvalue weighted by atomic mass is 16.6. The van der Waals surface area contributed by atoms with Crippen LogP contribution in [0.25, 0.3) is 0 Å². The van der Waals surface area contributed by atoms with Crippen LogP contribution in [0.4, 0.5) is 11.4 Å². The van der Waals surface area contributed by atoms with Crippen LogP contribution in [0.5, 0.6) is 0 Å². The predicted octanol–water partition coefficient (Wildman–Crippen LogP) is 1.89. The number of carbonyl (C=O) groups excluding carboxylic acids is 1. The molecule has 3 N–H and O–H groups in total. The minimum absolute atomic E-state index is 0.0841. The molecule has 6 nitrogen and oxygen atoms in total. The molecule has 0 saturated heterocycles. The second kappa shape index (κ2) is 6.11. The molecule has 0 aliphatic rings. The third-order valence-corrected chi connectivity index (χ3v) is 2.69. The largest absolute Gasteiger partial charge is 0.330 e. The molecule has 0 aliphatic heterocycles. The Morgan fingerprint density at radius 3 is 2.56 bits per heavy atom. The lowest BCUT2D eigenvalue weighted by Gasteiger charge is -2.08. The lowest BCUT2D eigenvalue weighted by Crippen LogP contribution is -2.14. The van der Waals surface area contributed by atoms with Crippen molar-refractivity contribution < 1.29 is 9.72 Å². The fraction of sp³-hybridized carbons (Fsp3) is 0.417. The summed E-state index contributed by atoms with van der Waals surface area (Å²) in [7, 11) is 0. The number of hydrogen-bond donors (Lipinski definition) is 2. The molecule has 0 bridgehead atoms. The highest BCUT2D eigenvalue weighted by molar-refractivity contribution is 5.93. The molecule has 0 aromatic heterocycles. The number of nitro benzene ring substituents is 1. The quantitative estimate of drug-likeness (QED) is 0.616. The number of amides is 1. The van der Waals surface area contributed by atoms with Crippen LogP contribution >= 0.6 is 0 Å². The van der Waals surface area contributed by atoms with Gasteiger partial charge in [-0.2, -0.15) is 0 Å². The molecule has 0 atom stereocenters. The zero-order valence-electron chi connectivity index (χ0n) is 10.5. The van der Waals surface area contributed by atoms with E-state index in [-0.39, 0.29) is 23.7 Å². The number of carbonyl (C=O) groups is 1. The van der Waals surface area contributed by atoms with Crippen molar-refractivity contribution in [2.45, 2.75) is 26.7 Å². The molecular weight excluding hydrogens is 234 g/mol. The average Bonchev–Trinajstić information content (AvgIpc) is 2.30. The van der Waals surface area contributed by atoms with E-state index in [4.69, 9.17) is 5.73 Å². The summed E-state index contributed by atoms with van der Waals surface area (Å²) in [6, 6.07) is 3.09. The van der Waals surface area contributed by atoms with Crippen molar-refractivity contribution in [1.82, 2.24) is 0 Å². The lowest BCUT2D eigenvalue weighted by molar-refractivity contribution is -0.384. The van der Waals surface area contributed by atoms with Crippen LogP contribution in [0.15, 0.2) is 12.1 Å². The van der Waals surface area contributed by atoms with Gasteiger partial charge in [-0.15, -0.1) is 0 Å². The van der Waals surface area contributed by atoms with Gasteiger partial charge in [0.1, 0.15) is 5.69 Å². The summed E-state index contributed by atoms with van der Waals surface area (Å²) in [5.74, 6) is -0.258. The van der Waals surface area contributed by atoms with Crippen molar-refractivity contribution in [3.63, 3.8) is 0 Å². The number of rotatable bonds is 5. The van der Waals surface area contributed by atoms with Gasteiger partial charge < -0.3 is 11.1 Å². The first kappa shape index (κ1) is 14.1. The Morgan fingerprint density at radius 1 is 1.39 bits per heavy atom. The molecule has 98 valence electrons. The second-order valence-corrected chi connectivity index (χ2v) is 4.15. The van der Waals surface area contributed by atoms with Crippen LogP contribution in [0.1, 0.15) is 24.0 Å². The van der Waals surface area contributed by atoms with E-state index in [9.17, 15) is 14.9 Å². The molecule has 1 aromatic carbocycles. The molecule has 18 heavy (non-hydrogen) atoms. The molecule has 1 aromatic rings. The summed E-state index contributed by atoms with van der Waals surface area (Å²) < 4.78 is 0. The van der Waals surface area contributed by atoms with Crippen LogP contribution in [-0.2, 0) is 4.79 Å². The number of nitrogens with two attached hydrogens (primary N) is 1. The highest BCUT2D eigenvalue weighted by Gasteiger charge is 2.17. The van der Waals surface area contributed by atoms with Gasteiger partial charge in [-0.1, -0.05) is 0 Å². The monoisotopic (exact) mass is 251 g/mol. The number of aryl methyl sites for hydroxylation is 2. The van der Waals surface area contributed by atoms with Gasteiger partial charge in [0.05, 0.1) is 4.92 Å². The fourth-order valence-electron chi connectivity index (χ4n) is 1.53. The first-order chi connectivity index (χ1) is 8.45. The van der Waals surface area contributed by atoms with Gasteiger partial charge in [0.15, 0.2) is 0 Å². The predicted molar refractivity (Wildman–Crippen MR) is 69.5 cm³/mol. The fourth-order valence-corrected chi connectivity index (χ4v) is 1.53. The van der Waals surface area contributed by atoms with Crippen LogP contribution in [0.2, 0.25) is 0 Å². The standard InChI is InChI=1S/C12H17N3O3/c1-8-6-10(14-12(16)4-3-5-13)11(15(17)18)7-9(8)2/h6-7H,3-5,13H2,1-2H3,(H,14,16). The molecule has 0 aliphatic carbocycles. The van der Waals surface area contributed by atoms with Gasteiger partial charge in [0.25, 0.3) is 5.69 Å². The smallest absolute Gasteiger partial charge is 0.293 e. The lowest BCUT2D eigenvalue weighted by atomic mass is 10.1. The minimum atomic E-state index is -0.495. The van der Waals surface area contributed by atoms with Crippen molar-refractivity contribution in [3.05, 3.63) is 33.4 Å². The Bertz CT molecular complexity index is 472. The molecular formula is C12H17N3O3. The Kier molecular flexibility index (Phi) is 4.79. The average molecular weight is 251 g/mol. The Labute approximate surface area is 105 Å². The number of nitrogens with zero attached hydrogens (tertiary/aromatic N) is 1. The van der Waals surface area contributed by atoms with Crippen LogP contribution in [-0.4, -0.2) is 17.4 Å². The molecule has 0 unspecified atom stereocenters. The van der Waals surface area contributed by atoms with Crippen LogP contribution < -0.4 is 11.1 Å². The van der Waals surface area contributed by atoms with Crippen LogP contribution in [0.3, 0.4) is 0 Å². The van der Waals surface area contributed by atoms with E-state index >= 15 is 0 Å². The number of anilines is 1. The van der Waals surface area contributed by atoms with E-state index in [1.54, 1.807) is 13.0 Å². The van der Waals surface area contributed by atoms with Gasteiger partial charge in [-0.05, 0) is 44.0 Å². The molecule has 0 saturated carbocycles. The summed E-state index contributed by atoms with van der Waals surface area (Å²) >= 11 is 0. The summed E-state index contributed by atoms with van der Waals surface area (Å²) in [4.78, 5) is 22.0. The van der Waals surface area contributed by atoms with E-state index in [0.29, 0.717) is 13.0 Å². The molecule has 0 heterocycles. The molecule has 1 amide bonds. The Morgan fingerprint density at radius 2 is 2.00 bits per heavy atom. The number of benzene rings is 1. The van der Waals surface area contributed by atoms with Gasteiger partial charge >= 0.3 is 0 Å². The van der Waals surface area contributed by atoms with Gasteiger partial charge in [-0.25, -0.2) is 0 Å². The van der Waals surface area contributed by atoms with Gasteiger partial charge in [-0.3, -0.25) is 14.9 Å². The van der Waals surface area contributed by atoms with E-state index < -0.39 is 4.92 Å². The topological polar surface area (TPSA) is 98.3 Å². The maximum Gasteiger partial charge on any atom is 0.293 e. The molecule has 0 spiro atoms. The summed E-state index contributed by atoms with van der Waals surface area (Å²) in [5.41, 5.74) is 7.18. The van der Waals surface area contributed by atoms with Crippen molar-refractivity contribution in [3.8, 4) is 0 Å². The van der Waals surface area contributed by atoms with Crippen molar-refractivity contribution in [2.24, 2.45) is 5.73 Å². The van der Waals surface area contributed by atoms with Gasteiger partial charge in [0.2, 0.25) is 5.91 Å². The number of nitrogens with one attached hydrogen (secondary N) is 1. The third-order valence-electron chi connectivity index (χ3n) is 2.69. The molecule has 6 heteroatoms. The number of nitro groups is 1. The van der Waals surface area contributed by atoms with Crippen molar-refractivity contribution in [1.29, 1.82) is 0 Å². The zero-order chi connectivity index (χ0) is 13.7. The minimum Gasteiger partial charge on any atom is -0.330 e. The summed E-state index contributed by atoms with van der Waals surface area (Å²) in [6.45, 7) is 4.05. The van der Waals surface area contributed by atoms with E-state index in [0.717, 1.165) is 11.1 Å². The number of hydrogen-bond acceptors (Lipinski definition) is 4. The first-order valence-electron chi connectivity index (χ1n) is 5.71. The normalized spacial score (nSPS) is 10.2. The van der Waals surface area contributed by atoms with E-state index in [2.05, 4.69) is 5.32 Å². The highest BCUT2D eigenvalue weighted by Crippen LogP contribution is 2.28.